The van der Waals surface area contributed by atoms with Gasteiger partial charge in [-0.1, -0.05) is 52.0 Å². The summed E-state index contributed by atoms with van der Waals surface area (Å²) in [5.74, 6) is 0.484. The van der Waals surface area contributed by atoms with Crippen LogP contribution in [-0.4, -0.2) is 31.0 Å². The third kappa shape index (κ3) is 3.44. The first kappa shape index (κ1) is 19.1. The van der Waals surface area contributed by atoms with E-state index in [4.69, 9.17) is 4.98 Å². The number of hydrogen-bond donors (Lipinski definition) is 1. The minimum atomic E-state index is -0.248. The molecule has 1 atom stereocenters. The molecular formula is C21H16BrN5O2S. The maximum absolute atomic E-state index is 13.2. The van der Waals surface area contributed by atoms with Gasteiger partial charge in [0.15, 0.2) is 10.8 Å². The van der Waals surface area contributed by atoms with Gasteiger partial charge >= 0.3 is 0 Å². The molecule has 2 aromatic heterocycles. The minimum absolute atomic E-state index is 0.140. The Bertz CT molecular complexity index is 1320. The van der Waals surface area contributed by atoms with Crippen LogP contribution in [-0.2, 0) is 4.79 Å². The highest BCUT2D eigenvalue weighted by molar-refractivity contribution is 9.10. The standard InChI is InChI=1S/C21H16BrN5O2S/c22-13-5-4-6-14(9-13)24-18(28)10-16-12-30-21-25-19-17(20(29)26(16)21)11-23-27(19)15-7-2-1-3-8-15/h1-9,11,16H,10,12H2,(H,24,28). The van der Waals surface area contributed by atoms with Crippen molar-refractivity contribution in [3.8, 4) is 5.69 Å². The third-order valence-corrected chi connectivity index (χ3v) is 6.49. The predicted molar refractivity (Wildman–Crippen MR) is 120 cm³/mol. The van der Waals surface area contributed by atoms with E-state index in [-0.39, 0.29) is 23.9 Å². The molecule has 0 saturated carbocycles. The predicted octanol–water partition coefficient (Wildman–Crippen LogP) is 4.02. The van der Waals surface area contributed by atoms with Crippen LogP contribution in [0.4, 0.5) is 5.69 Å². The molecule has 0 aliphatic carbocycles. The molecule has 5 rings (SSSR count). The Morgan fingerprint density at radius 1 is 1.20 bits per heavy atom. The van der Waals surface area contributed by atoms with Crippen LogP contribution in [0.2, 0.25) is 0 Å². The number of fused-ring (bicyclic) bond motifs is 2. The highest BCUT2D eigenvalue weighted by Gasteiger charge is 2.29. The molecule has 1 aliphatic rings. The fourth-order valence-electron chi connectivity index (χ4n) is 3.53. The SMILES string of the molecule is O=C(CC1CSc2nc3c(cnn3-c3ccccc3)c(=O)n21)Nc1cccc(Br)c1. The molecule has 0 bridgehead atoms. The van der Waals surface area contributed by atoms with Crippen molar-refractivity contribution in [3.63, 3.8) is 0 Å². The van der Waals surface area contributed by atoms with E-state index in [0.717, 1.165) is 10.2 Å². The van der Waals surface area contributed by atoms with Crippen LogP contribution in [0.1, 0.15) is 12.5 Å². The molecule has 0 spiro atoms. The number of halogens is 1. The summed E-state index contributed by atoms with van der Waals surface area (Å²) in [4.78, 5) is 30.4. The largest absolute Gasteiger partial charge is 0.326 e. The Hall–Kier alpha value is -2.91. The molecule has 7 nitrogen and oxygen atoms in total. The van der Waals surface area contributed by atoms with Gasteiger partial charge < -0.3 is 5.32 Å². The molecule has 9 heteroatoms. The molecule has 1 aliphatic heterocycles. The molecule has 2 aromatic carbocycles. The van der Waals surface area contributed by atoms with E-state index in [1.165, 1.54) is 11.8 Å². The van der Waals surface area contributed by atoms with Gasteiger partial charge in [-0.2, -0.15) is 5.10 Å². The first-order valence-electron chi connectivity index (χ1n) is 9.34. The quantitative estimate of drug-likeness (QED) is 0.445. The van der Waals surface area contributed by atoms with Crippen molar-refractivity contribution in [2.75, 3.05) is 11.1 Å². The summed E-state index contributed by atoms with van der Waals surface area (Å²) in [6.07, 6.45) is 1.75. The van der Waals surface area contributed by atoms with Crippen LogP contribution in [0.25, 0.3) is 16.7 Å². The molecule has 1 unspecified atom stereocenters. The van der Waals surface area contributed by atoms with E-state index in [1.54, 1.807) is 15.4 Å². The fourth-order valence-corrected chi connectivity index (χ4v) is 5.06. The minimum Gasteiger partial charge on any atom is -0.326 e. The number of hydrogen-bond acceptors (Lipinski definition) is 5. The fraction of sp³-hybridized carbons (Fsp3) is 0.143. The lowest BCUT2D eigenvalue weighted by Gasteiger charge is -2.13. The van der Waals surface area contributed by atoms with Crippen molar-refractivity contribution >= 4 is 50.3 Å². The topological polar surface area (TPSA) is 81.8 Å². The van der Waals surface area contributed by atoms with Gasteiger partial charge in [0.25, 0.3) is 5.56 Å². The number of aromatic nitrogens is 4. The lowest BCUT2D eigenvalue weighted by molar-refractivity contribution is -0.116. The number of anilines is 1. The number of carbonyl (C=O) groups excluding carboxylic acids is 1. The average molecular weight is 482 g/mol. The Balaban J connectivity index is 1.45. The molecule has 0 radical (unpaired) electrons. The summed E-state index contributed by atoms with van der Waals surface area (Å²) in [5, 5.41) is 8.32. The van der Waals surface area contributed by atoms with Crippen molar-refractivity contribution < 1.29 is 4.79 Å². The molecular weight excluding hydrogens is 466 g/mol. The Morgan fingerprint density at radius 3 is 2.83 bits per heavy atom. The van der Waals surface area contributed by atoms with Crippen molar-refractivity contribution in [2.45, 2.75) is 17.6 Å². The van der Waals surface area contributed by atoms with Crippen LogP contribution >= 0.6 is 27.7 Å². The van der Waals surface area contributed by atoms with Gasteiger partial charge in [0.2, 0.25) is 5.91 Å². The van der Waals surface area contributed by atoms with Gasteiger partial charge in [0.1, 0.15) is 5.39 Å². The van der Waals surface area contributed by atoms with Crippen LogP contribution in [0, 0.1) is 0 Å². The highest BCUT2D eigenvalue weighted by Crippen LogP contribution is 2.33. The first-order chi connectivity index (χ1) is 14.6. The monoisotopic (exact) mass is 481 g/mol. The Labute approximate surface area is 184 Å². The maximum Gasteiger partial charge on any atom is 0.265 e. The highest BCUT2D eigenvalue weighted by atomic mass is 79.9. The number of rotatable bonds is 4. The third-order valence-electron chi connectivity index (χ3n) is 4.90. The second kappa shape index (κ2) is 7.73. The lowest BCUT2D eigenvalue weighted by atomic mass is 10.2. The number of benzene rings is 2. The summed E-state index contributed by atoms with van der Waals surface area (Å²) >= 11 is 4.88. The summed E-state index contributed by atoms with van der Waals surface area (Å²) in [5.41, 5.74) is 1.93. The molecule has 0 saturated heterocycles. The molecule has 1 N–H and O–H groups in total. The molecule has 0 fully saturated rings. The van der Waals surface area contributed by atoms with Crippen LogP contribution in [0.15, 0.2) is 75.2 Å². The van der Waals surface area contributed by atoms with Crippen LogP contribution in [0.3, 0.4) is 0 Å². The van der Waals surface area contributed by atoms with E-state index in [2.05, 4.69) is 26.3 Å². The lowest BCUT2D eigenvalue weighted by Crippen LogP contribution is -2.27. The van der Waals surface area contributed by atoms with E-state index in [0.29, 0.717) is 27.6 Å². The van der Waals surface area contributed by atoms with Gasteiger partial charge in [-0.25, -0.2) is 9.67 Å². The van der Waals surface area contributed by atoms with Crippen LogP contribution < -0.4 is 10.9 Å². The summed E-state index contributed by atoms with van der Waals surface area (Å²) in [6, 6.07) is 16.8. The average Bonchev–Trinajstić information content (AvgIpc) is 3.34. The number of carbonyl (C=O) groups is 1. The number of para-hydroxylation sites is 1. The van der Waals surface area contributed by atoms with E-state index in [9.17, 15) is 9.59 Å². The number of amides is 1. The van der Waals surface area contributed by atoms with Gasteiger partial charge in [-0.05, 0) is 30.3 Å². The summed E-state index contributed by atoms with van der Waals surface area (Å²) in [7, 11) is 0. The zero-order valence-corrected chi connectivity index (χ0v) is 18.1. The van der Waals surface area contributed by atoms with E-state index < -0.39 is 0 Å². The smallest absolute Gasteiger partial charge is 0.265 e. The Kier molecular flexibility index (Phi) is 4.92. The van der Waals surface area contributed by atoms with Gasteiger partial charge in [-0.15, -0.1) is 0 Å². The second-order valence-corrected chi connectivity index (χ2v) is 8.83. The molecule has 1 amide bonds. The maximum atomic E-state index is 13.2. The van der Waals surface area contributed by atoms with E-state index in [1.807, 2.05) is 54.6 Å². The first-order valence-corrected chi connectivity index (χ1v) is 11.1. The number of nitrogens with one attached hydrogen (secondary N) is 1. The van der Waals surface area contributed by atoms with Crippen LogP contribution in [0.5, 0.6) is 0 Å². The molecule has 4 aromatic rings. The summed E-state index contributed by atoms with van der Waals surface area (Å²) < 4.78 is 4.19. The Morgan fingerprint density at radius 2 is 2.03 bits per heavy atom. The number of thioether (sulfide) groups is 1. The zero-order valence-electron chi connectivity index (χ0n) is 15.7. The molecule has 3 heterocycles. The normalized spacial score (nSPS) is 15.3. The molecule has 30 heavy (non-hydrogen) atoms. The van der Waals surface area contributed by atoms with Crippen molar-refractivity contribution in [2.24, 2.45) is 0 Å². The van der Waals surface area contributed by atoms with Crippen molar-refractivity contribution in [1.82, 2.24) is 19.3 Å². The number of nitrogens with zero attached hydrogens (tertiary/aromatic N) is 4. The van der Waals surface area contributed by atoms with Crippen molar-refractivity contribution in [1.29, 1.82) is 0 Å². The van der Waals surface area contributed by atoms with E-state index >= 15 is 0 Å². The zero-order chi connectivity index (χ0) is 20.7. The molecule has 150 valence electrons. The van der Waals surface area contributed by atoms with Gasteiger partial charge in [-0.3, -0.25) is 14.2 Å². The summed E-state index contributed by atoms with van der Waals surface area (Å²) in [6.45, 7) is 0. The second-order valence-electron chi connectivity index (χ2n) is 6.93. The van der Waals surface area contributed by atoms with Gasteiger partial charge in [0.05, 0.1) is 17.9 Å². The van der Waals surface area contributed by atoms with Crippen molar-refractivity contribution in [3.05, 3.63) is 75.6 Å². The van der Waals surface area contributed by atoms with Gasteiger partial charge in [0, 0.05) is 22.3 Å².